The van der Waals surface area contributed by atoms with Crippen LogP contribution in [0.3, 0.4) is 0 Å². The van der Waals surface area contributed by atoms with Gasteiger partial charge in [-0.2, -0.15) is 5.26 Å². The smallest absolute Gasteiger partial charge is 0.0625 e. The van der Waals surface area contributed by atoms with Crippen molar-refractivity contribution in [3.8, 4) is 6.07 Å². The quantitative estimate of drug-likeness (QED) is 0.132. The van der Waals surface area contributed by atoms with E-state index in [1.807, 2.05) is 103 Å². The van der Waals surface area contributed by atoms with Crippen molar-refractivity contribution in [3.63, 3.8) is 0 Å². The van der Waals surface area contributed by atoms with Gasteiger partial charge in [0.1, 0.15) is 0 Å². The molecule has 81 heavy (non-hydrogen) atoms. The molecule has 4 heterocycles. The normalized spacial score (nSPS) is 20.0. The predicted molar refractivity (Wildman–Crippen MR) is 342 cm³/mol. The number of hydrogen-bond donors (Lipinski definition) is 2. The largest absolute Gasteiger partial charge is 0.396 e. The Morgan fingerprint density at radius 3 is 1.09 bits per heavy atom. The summed E-state index contributed by atoms with van der Waals surface area (Å²) in [6.07, 6.45) is 10.3. The van der Waals surface area contributed by atoms with Crippen molar-refractivity contribution in [1.29, 1.82) is 5.26 Å². The van der Waals surface area contributed by atoms with E-state index in [1.165, 1.54) is 12.8 Å². The molecule has 4 aliphatic heterocycles. The molecule has 0 spiro atoms. The first kappa shape index (κ1) is 75.6. The third-order valence-electron chi connectivity index (χ3n) is 14.5. The Kier molecular flexibility index (Phi) is 36.0. The van der Waals surface area contributed by atoms with Crippen molar-refractivity contribution in [3.05, 3.63) is 189 Å². The number of aliphatic hydroxyl groups excluding tert-OH is 1. The summed E-state index contributed by atoms with van der Waals surface area (Å²) in [4.78, 5) is 7.06. The Morgan fingerprint density at radius 1 is 0.481 bits per heavy atom. The first-order valence-electron chi connectivity index (χ1n) is 25.9. The van der Waals surface area contributed by atoms with Crippen molar-refractivity contribution in [2.75, 3.05) is 60.7 Å². The molecular formula is C62H72BCl9N5O2VY. The van der Waals surface area contributed by atoms with E-state index in [4.69, 9.17) is 120 Å². The van der Waals surface area contributed by atoms with E-state index >= 15 is 0 Å². The van der Waals surface area contributed by atoms with Crippen LogP contribution in [0.15, 0.2) is 127 Å². The maximum absolute atomic E-state index is 9.56. The van der Waals surface area contributed by atoms with Gasteiger partial charge in [-0.15, -0.1) is 0 Å². The fraction of sp³-hybridized carbons (Fsp3) is 0.403. The fourth-order valence-corrected chi connectivity index (χ4v) is 12.6. The van der Waals surface area contributed by atoms with Gasteiger partial charge in [0.05, 0.1) is 24.2 Å². The van der Waals surface area contributed by atoms with Crippen LogP contribution >= 0.6 is 104 Å². The molecule has 19 heteroatoms. The van der Waals surface area contributed by atoms with Gasteiger partial charge in [-0.25, -0.2) is 0 Å². The number of ether oxygens (including phenoxy) is 1. The summed E-state index contributed by atoms with van der Waals surface area (Å²) >= 11 is 55.6. The number of benzene rings is 6. The maximum Gasteiger partial charge on any atom is 0.0625 e. The predicted octanol–water partition coefficient (Wildman–Crippen LogP) is 19.8. The van der Waals surface area contributed by atoms with Crippen LogP contribution in [0.1, 0.15) is 114 Å². The molecule has 0 amide bonds. The minimum Gasteiger partial charge on any atom is -0.396 e. The third-order valence-corrected chi connectivity index (χ3v) is 17.0. The van der Waals surface area contributed by atoms with E-state index in [0.29, 0.717) is 53.4 Å². The molecule has 0 bridgehead atoms. The Bertz CT molecular complexity index is 2810. The second-order valence-corrected chi connectivity index (χ2v) is 23.5. The molecule has 0 aliphatic carbocycles. The van der Waals surface area contributed by atoms with Crippen LogP contribution in [0.25, 0.3) is 0 Å². The molecule has 0 aromatic heterocycles. The number of halogens is 9. The Balaban J connectivity index is 0.000000385. The van der Waals surface area contributed by atoms with Crippen LogP contribution < -0.4 is 20.4 Å². The first-order valence-corrected chi connectivity index (χ1v) is 29.3. The molecule has 6 aromatic rings. The van der Waals surface area contributed by atoms with Gasteiger partial charge in [-0.1, -0.05) is 137 Å². The van der Waals surface area contributed by atoms with Crippen LogP contribution in [0, 0.1) is 29.1 Å². The third kappa shape index (κ3) is 22.3. The molecule has 4 fully saturated rings. The Morgan fingerprint density at radius 2 is 0.790 bits per heavy atom. The average molecular weight is 1390 g/mol. The van der Waals surface area contributed by atoms with E-state index < -0.39 is 0 Å². The molecular weight excluding hydrogens is 1320 g/mol. The number of hydrogen-bond acceptors (Lipinski definition) is 7. The van der Waals surface area contributed by atoms with Crippen LogP contribution in [0.4, 0.5) is 17.1 Å². The number of nitriles is 1. The molecule has 6 atom stereocenters. The molecule has 6 aromatic carbocycles. The second kappa shape index (κ2) is 38.6. The topological polar surface area (TPSA) is 89.0 Å². The van der Waals surface area contributed by atoms with Crippen LogP contribution in [-0.4, -0.2) is 59.5 Å². The van der Waals surface area contributed by atoms with Gasteiger partial charge in [-0.05, 0) is 208 Å². The molecule has 431 valence electrons. The number of aliphatic hydroxyl groups is 1. The van der Waals surface area contributed by atoms with E-state index in [-0.39, 0.29) is 105 Å². The van der Waals surface area contributed by atoms with Gasteiger partial charge in [-0.3, -0.25) is 0 Å². The van der Waals surface area contributed by atoms with E-state index in [2.05, 4.69) is 32.9 Å². The minimum atomic E-state index is 0. The van der Waals surface area contributed by atoms with Crippen molar-refractivity contribution >= 4 is 130 Å². The molecule has 5 radical (unpaired) electrons. The number of anilines is 3. The molecule has 4 aliphatic rings. The number of nitrogens with zero attached hydrogens (tertiary/aromatic N) is 4. The average Bonchev–Trinajstić information content (AvgIpc) is 4.02. The number of nitrogens with two attached hydrogens (primary N) is 1. The Labute approximate surface area is 567 Å². The summed E-state index contributed by atoms with van der Waals surface area (Å²) in [6.45, 7) is 5.53. The van der Waals surface area contributed by atoms with Crippen molar-refractivity contribution in [2.24, 2.45) is 23.5 Å². The van der Waals surface area contributed by atoms with Crippen molar-refractivity contribution in [2.45, 2.75) is 97.2 Å². The summed E-state index contributed by atoms with van der Waals surface area (Å²) in [5.41, 5.74) is 12.4. The number of piperidine rings is 3. The zero-order valence-electron chi connectivity index (χ0n) is 43.8. The standard InChI is InChI=1S/C19H21Cl3N2.C19H17Cl3N2.C18H18Cl3NO.C4H8O.2CH4.B.V.Y/c2*20-14-2-5-16(6-3-14)24-12-13(9-10-23)1-8-19(24)17-7-4-15(21)11-18(17)22;19-13-2-5-15(6-3-13)22-10-12(11-23)1-8-18(22)16-7-4-14(20)9-17(16)21;1-2-4-5-3-1;;;;;/h2-7,11,13,19H,1,8-10,12,23H2;2-7,11,13,19H,1,8-9,12H2;2-7,9,12,18,23H,1,8,10-11H2;1-4H2;2*1H4;;;/t2*13-,19-;12-,18+;;;;;;/m001....../s1. The molecule has 0 saturated carbocycles. The summed E-state index contributed by atoms with van der Waals surface area (Å²) in [7, 11) is 0. The summed E-state index contributed by atoms with van der Waals surface area (Å²) in [6, 6.07) is 43.6. The monoisotopic (exact) mass is 1380 g/mol. The van der Waals surface area contributed by atoms with Gasteiger partial charge in [0, 0.05) is 168 Å². The summed E-state index contributed by atoms with van der Waals surface area (Å²) in [5, 5.41) is 24.8. The van der Waals surface area contributed by atoms with E-state index in [0.717, 1.165) is 128 Å². The SMILES string of the molecule is C.C.C1CCOC1.N#CC[C@@H]1CC[C@@H](c2ccc(Cl)cc2Cl)N(c2ccc(Cl)cc2)C1.NCC[C@@H]1CC[C@@H](c2ccc(Cl)cc2Cl)N(c2ccc(Cl)cc2)C1.OC[C@@H]1CC[C@@H](c2ccc(Cl)cc2Cl)N(c2ccc(Cl)cc2)C1.[B].[V].[Y]. The molecule has 0 unspecified atom stereocenters. The molecule has 4 saturated heterocycles. The van der Waals surface area contributed by atoms with E-state index in [9.17, 15) is 5.11 Å². The van der Waals surface area contributed by atoms with Crippen molar-refractivity contribution in [1.82, 2.24) is 0 Å². The van der Waals surface area contributed by atoms with Crippen LogP contribution in [0.2, 0.25) is 45.2 Å². The van der Waals surface area contributed by atoms with Gasteiger partial charge in [0.25, 0.3) is 0 Å². The van der Waals surface area contributed by atoms with Crippen molar-refractivity contribution < 1.29 is 61.1 Å². The van der Waals surface area contributed by atoms with E-state index in [1.54, 1.807) is 12.1 Å². The van der Waals surface area contributed by atoms with Crippen LogP contribution in [0.5, 0.6) is 0 Å². The van der Waals surface area contributed by atoms with Gasteiger partial charge < -0.3 is 30.3 Å². The molecule has 7 nitrogen and oxygen atoms in total. The van der Waals surface area contributed by atoms with Crippen LogP contribution in [-0.2, 0) is 56.0 Å². The zero-order chi connectivity index (χ0) is 54.1. The molecule has 3 N–H and O–H groups in total. The number of rotatable bonds is 10. The molecule has 10 rings (SSSR count). The maximum atomic E-state index is 9.56. The Hall–Kier alpha value is -1.55. The summed E-state index contributed by atoms with van der Waals surface area (Å²) in [5.74, 6) is 1.24. The van der Waals surface area contributed by atoms with Gasteiger partial charge >= 0.3 is 0 Å². The minimum absolute atomic E-state index is 0. The zero-order valence-corrected chi connectivity index (χ0v) is 54.9. The fourth-order valence-electron chi connectivity index (χ4n) is 10.6. The van der Waals surface area contributed by atoms with Gasteiger partial charge in [0.2, 0.25) is 0 Å². The van der Waals surface area contributed by atoms with Gasteiger partial charge in [0.15, 0.2) is 0 Å². The first-order chi connectivity index (χ1) is 36.7. The summed E-state index contributed by atoms with van der Waals surface area (Å²) < 4.78 is 4.94. The second-order valence-electron chi connectivity index (χ2n) is 19.7.